The average Bonchev–Trinajstić information content (AvgIpc) is 2.93. The molecular formula is C17H18N4O3. The summed E-state index contributed by atoms with van der Waals surface area (Å²) in [6.45, 7) is 5.13. The topological polar surface area (TPSA) is 90.0 Å². The number of fused-ring (bicyclic) bond motifs is 1. The zero-order chi connectivity index (χ0) is 17.3. The Kier molecular flexibility index (Phi) is 4.16. The number of nitrogens with one attached hydrogen (secondary N) is 1. The van der Waals surface area contributed by atoms with Crippen LogP contribution in [0.25, 0.3) is 11.1 Å². The highest BCUT2D eigenvalue weighted by Gasteiger charge is 2.17. The first-order valence-electron chi connectivity index (χ1n) is 7.65. The van der Waals surface area contributed by atoms with Crippen LogP contribution in [0.15, 0.2) is 39.6 Å². The first-order valence-corrected chi connectivity index (χ1v) is 7.65. The number of nitrogens with zero attached hydrogens (tertiary/aromatic N) is 3. The van der Waals surface area contributed by atoms with Crippen molar-refractivity contribution in [2.45, 2.75) is 33.4 Å². The van der Waals surface area contributed by atoms with E-state index >= 15 is 0 Å². The Hall–Kier alpha value is -2.96. The van der Waals surface area contributed by atoms with Crippen molar-refractivity contribution in [3.63, 3.8) is 0 Å². The minimum absolute atomic E-state index is 0.102. The van der Waals surface area contributed by atoms with E-state index in [4.69, 9.17) is 4.52 Å². The van der Waals surface area contributed by atoms with Gasteiger partial charge in [0.15, 0.2) is 0 Å². The van der Waals surface area contributed by atoms with Gasteiger partial charge in [0, 0.05) is 0 Å². The molecule has 24 heavy (non-hydrogen) atoms. The molecule has 0 aliphatic rings. The Morgan fingerprint density at radius 2 is 2.00 bits per heavy atom. The fourth-order valence-electron chi connectivity index (χ4n) is 2.61. The van der Waals surface area contributed by atoms with Crippen molar-refractivity contribution in [1.82, 2.24) is 20.0 Å². The van der Waals surface area contributed by atoms with Crippen LogP contribution in [0.1, 0.15) is 30.0 Å². The van der Waals surface area contributed by atoms with Gasteiger partial charge in [-0.3, -0.25) is 14.2 Å². The lowest BCUT2D eigenvalue weighted by Crippen LogP contribution is -2.35. The van der Waals surface area contributed by atoms with E-state index < -0.39 is 0 Å². The minimum Gasteiger partial charge on any atom is -0.348 e. The SMILES string of the molecule is Cc1noc2nc(C)n(CC(=O)NC(C)c3ccccc3)c(=O)c12. The lowest BCUT2D eigenvalue weighted by atomic mass is 10.1. The zero-order valence-electron chi connectivity index (χ0n) is 13.7. The smallest absolute Gasteiger partial charge is 0.267 e. The van der Waals surface area contributed by atoms with Crippen LogP contribution in [-0.4, -0.2) is 20.6 Å². The molecule has 1 amide bonds. The molecule has 2 heterocycles. The number of hydrogen-bond donors (Lipinski definition) is 1. The maximum absolute atomic E-state index is 12.6. The summed E-state index contributed by atoms with van der Waals surface area (Å²) >= 11 is 0. The van der Waals surface area contributed by atoms with Gasteiger partial charge in [0.05, 0.1) is 11.7 Å². The molecule has 3 aromatic rings. The van der Waals surface area contributed by atoms with Gasteiger partial charge in [-0.1, -0.05) is 35.5 Å². The Morgan fingerprint density at radius 3 is 2.71 bits per heavy atom. The first kappa shape index (κ1) is 15.9. The van der Waals surface area contributed by atoms with E-state index in [9.17, 15) is 9.59 Å². The number of amides is 1. The molecule has 7 nitrogen and oxygen atoms in total. The standard InChI is InChI=1S/C17H18N4O3/c1-10(13-7-5-4-6-8-13)18-14(22)9-21-12(3)19-16-15(17(21)23)11(2)20-24-16/h4-8,10H,9H2,1-3H3,(H,18,22). The number of carbonyl (C=O) groups excluding carboxylic acids is 1. The highest BCUT2D eigenvalue weighted by Crippen LogP contribution is 2.13. The summed E-state index contributed by atoms with van der Waals surface area (Å²) in [7, 11) is 0. The van der Waals surface area contributed by atoms with Gasteiger partial charge in [-0.25, -0.2) is 0 Å². The van der Waals surface area contributed by atoms with Crippen LogP contribution in [0.2, 0.25) is 0 Å². The van der Waals surface area contributed by atoms with Crippen LogP contribution >= 0.6 is 0 Å². The lowest BCUT2D eigenvalue weighted by molar-refractivity contribution is -0.122. The molecule has 2 aromatic heterocycles. The molecule has 1 aromatic carbocycles. The zero-order valence-corrected chi connectivity index (χ0v) is 13.7. The summed E-state index contributed by atoms with van der Waals surface area (Å²) in [5, 5.41) is 6.95. The highest BCUT2D eigenvalue weighted by atomic mass is 16.5. The van der Waals surface area contributed by atoms with E-state index in [1.165, 1.54) is 4.57 Å². The van der Waals surface area contributed by atoms with Crippen LogP contribution in [-0.2, 0) is 11.3 Å². The normalized spacial score (nSPS) is 12.3. The Bertz CT molecular complexity index is 944. The van der Waals surface area contributed by atoms with Gasteiger partial charge >= 0.3 is 0 Å². The molecule has 1 N–H and O–H groups in total. The molecule has 0 aliphatic carbocycles. The molecule has 3 rings (SSSR count). The third-order valence-corrected chi connectivity index (χ3v) is 3.94. The third-order valence-electron chi connectivity index (χ3n) is 3.94. The molecule has 124 valence electrons. The van der Waals surface area contributed by atoms with E-state index in [1.807, 2.05) is 37.3 Å². The fraction of sp³-hybridized carbons (Fsp3) is 0.294. The summed E-state index contributed by atoms with van der Waals surface area (Å²) in [5.41, 5.74) is 1.34. The van der Waals surface area contributed by atoms with Gasteiger partial charge in [0.25, 0.3) is 11.3 Å². The van der Waals surface area contributed by atoms with Crippen LogP contribution in [0.5, 0.6) is 0 Å². The van der Waals surface area contributed by atoms with Crippen LogP contribution in [0.4, 0.5) is 0 Å². The first-order chi connectivity index (χ1) is 11.5. The van der Waals surface area contributed by atoms with Gasteiger partial charge in [0.1, 0.15) is 17.8 Å². The molecule has 0 saturated carbocycles. The molecule has 0 bridgehead atoms. The van der Waals surface area contributed by atoms with E-state index in [1.54, 1.807) is 13.8 Å². The van der Waals surface area contributed by atoms with E-state index in [2.05, 4.69) is 15.5 Å². The predicted molar refractivity (Wildman–Crippen MR) is 88.5 cm³/mol. The molecule has 0 saturated heterocycles. The van der Waals surface area contributed by atoms with Gasteiger partial charge in [0.2, 0.25) is 5.91 Å². The predicted octanol–water partition coefficient (Wildman–Crippen LogP) is 1.88. The van der Waals surface area contributed by atoms with E-state index in [0.717, 1.165) is 5.56 Å². The lowest BCUT2D eigenvalue weighted by Gasteiger charge is -2.15. The number of aryl methyl sites for hydroxylation is 2. The van der Waals surface area contributed by atoms with E-state index in [-0.39, 0.29) is 29.8 Å². The van der Waals surface area contributed by atoms with Crippen molar-refractivity contribution in [3.8, 4) is 0 Å². The third kappa shape index (κ3) is 2.92. The minimum atomic E-state index is -0.321. The second-order valence-electron chi connectivity index (χ2n) is 5.70. The summed E-state index contributed by atoms with van der Waals surface area (Å²) in [4.78, 5) is 29.1. The van der Waals surface area contributed by atoms with Crippen molar-refractivity contribution in [3.05, 3.63) is 57.8 Å². The van der Waals surface area contributed by atoms with Crippen molar-refractivity contribution in [1.29, 1.82) is 0 Å². The largest absolute Gasteiger partial charge is 0.348 e. The summed E-state index contributed by atoms with van der Waals surface area (Å²) < 4.78 is 6.35. The Balaban J connectivity index is 1.83. The number of rotatable bonds is 4. The van der Waals surface area contributed by atoms with Crippen molar-refractivity contribution >= 4 is 17.0 Å². The molecule has 0 radical (unpaired) electrons. The highest BCUT2D eigenvalue weighted by molar-refractivity contribution is 5.78. The molecule has 0 aliphatic heterocycles. The van der Waals surface area contributed by atoms with Gasteiger partial charge < -0.3 is 9.84 Å². The second-order valence-corrected chi connectivity index (χ2v) is 5.70. The number of hydrogen-bond acceptors (Lipinski definition) is 5. The number of carbonyl (C=O) groups is 1. The van der Waals surface area contributed by atoms with Crippen LogP contribution < -0.4 is 10.9 Å². The molecule has 0 fully saturated rings. The summed E-state index contributed by atoms with van der Waals surface area (Å²) in [6, 6.07) is 9.48. The summed E-state index contributed by atoms with van der Waals surface area (Å²) in [5.74, 6) is 0.151. The maximum Gasteiger partial charge on any atom is 0.267 e. The summed E-state index contributed by atoms with van der Waals surface area (Å²) in [6.07, 6.45) is 0. The number of aromatic nitrogens is 3. The Labute approximate surface area is 138 Å². The van der Waals surface area contributed by atoms with Crippen molar-refractivity contribution < 1.29 is 9.32 Å². The molecular weight excluding hydrogens is 308 g/mol. The molecule has 1 atom stereocenters. The fourth-order valence-corrected chi connectivity index (χ4v) is 2.61. The van der Waals surface area contributed by atoms with Gasteiger partial charge in [-0.15, -0.1) is 0 Å². The quantitative estimate of drug-likeness (QED) is 0.790. The van der Waals surface area contributed by atoms with Crippen LogP contribution in [0, 0.1) is 13.8 Å². The number of benzene rings is 1. The molecule has 1 unspecified atom stereocenters. The average molecular weight is 326 g/mol. The van der Waals surface area contributed by atoms with Crippen molar-refractivity contribution in [2.75, 3.05) is 0 Å². The molecule has 7 heteroatoms. The monoisotopic (exact) mass is 326 g/mol. The van der Waals surface area contributed by atoms with Crippen LogP contribution in [0.3, 0.4) is 0 Å². The van der Waals surface area contributed by atoms with Gasteiger partial charge in [-0.2, -0.15) is 4.98 Å². The maximum atomic E-state index is 12.6. The second kappa shape index (κ2) is 6.27. The molecule has 0 spiro atoms. The van der Waals surface area contributed by atoms with Crippen molar-refractivity contribution in [2.24, 2.45) is 0 Å². The van der Waals surface area contributed by atoms with E-state index in [0.29, 0.717) is 16.9 Å². The Morgan fingerprint density at radius 1 is 1.29 bits per heavy atom. The van der Waals surface area contributed by atoms with Gasteiger partial charge in [-0.05, 0) is 26.3 Å².